The molecule has 112 valence electrons. The summed E-state index contributed by atoms with van der Waals surface area (Å²) in [6.07, 6.45) is 6.55. The van der Waals surface area contributed by atoms with Gasteiger partial charge in [0.25, 0.3) is 0 Å². The van der Waals surface area contributed by atoms with Gasteiger partial charge in [-0.05, 0) is 59.8 Å². The second-order valence-electron chi connectivity index (χ2n) is 7.86. The fourth-order valence-electron chi connectivity index (χ4n) is 3.59. The molecule has 2 rings (SSSR count). The number of nitrogens with zero attached hydrogens (tertiary/aromatic N) is 1. The molecule has 0 amide bonds. The molecule has 3 heteroatoms. The molecule has 2 atom stereocenters. The van der Waals surface area contributed by atoms with Crippen LogP contribution in [-0.4, -0.2) is 41.3 Å². The van der Waals surface area contributed by atoms with Gasteiger partial charge in [0, 0.05) is 30.7 Å². The van der Waals surface area contributed by atoms with Crippen LogP contribution >= 0.6 is 0 Å². The molecule has 2 aliphatic rings. The highest BCUT2D eigenvalue weighted by molar-refractivity contribution is 4.91. The van der Waals surface area contributed by atoms with Crippen molar-refractivity contribution in [1.29, 1.82) is 0 Å². The van der Waals surface area contributed by atoms with Gasteiger partial charge in [0.1, 0.15) is 5.67 Å². The molecular formula is C16H31FN2. The van der Waals surface area contributed by atoms with Gasteiger partial charge in [0.2, 0.25) is 0 Å². The first-order valence-electron chi connectivity index (χ1n) is 7.96. The van der Waals surface area contributed by atoms with E-state index in [1.165, 1.54) is 25.7 Å². The molecule has 1 heterocycles. The summed E-state index contributed by atoms with van der Waals surface area (Å²) in [4.78, 5) is 2.54. The topological polar surface area (TPSA) is 15.3 Å². The normalized spacial score (nSPS) is 33.3. The lowest BCUT2D eigenvalue weighted by molar-refractivity contribution is 0.0355. The molecule has 2 nitrogen and oxygen atoms in total. The highest BCUT2D eigenvalue weighted by Gasteiger charge is 2.34. The third-order valence-corrected chi connectivity index (χ3v) is 4.64. The predicted octanol–water partition coefficient (Wildman–Crippen LogP) is 3.51. The van der Waals surface area contributed by atoms with Crippen LogP contribution in [0.2, 0.25) is 0 Å². The van der Waals surface area contributed by atoms with Crippen LogP contribution in [0.5, 0.6) is 0 Å². The van der Waals surface area contributed by atoms with Gasteiger partial charge >= 0.3 is 0 Å². The standard InChI is InChI=1S/C16H31FN2/c1-15(2,3)18-13-6-5-7-14(12-13)19-10-8-16(4,17)9-11-19/h13-14,18H,5-12H2,1-4H3/t13-,14-/m0/s1. The first-order valence-corrected chi connectivity index (χ1v) is 7.96. The van der Waals surface area contributed by atoms with Crippen LogP contribution in [0.25, 0.3) is 0 Å². The highest BCUT2D eigenvalue weighted by atomic mass is 19.1. The summed E-state index contributed by atoms with van der Waals surface area (Å²) < 4.78 is 13.9. The number of hydrogen-bond donors (Lipinski definition) is 1. The van der Waals surface area contributed by atoms with Crippen molar-refractivity contribution in [3.05, 3.63) is 0 Å². The van der Waals surface area contributed by atoms with Crippen molar-refractivity contribution in [2.75, 3.05) is 13.1 Å². The third-order valence-electron chi connectivity index (χ3n) is 4.64. The lowest BCUT2D eigenvalue weighted by Crippen LogP contribution is -2.52. The van der Waals surface area contributed by atoms with Gasteiger partial charge in [-0.25, -0.2) is 4.39 Å². The number of nitrogens with one attached hydrogen (secondary N) is 1. The van der Waals surface area contributed by atoms with Crippen LogP contribution in [0.1, 0.15) is 66.2 Å². The largest absolute Gasteiger partial charge is 0.309 e. The van der Waals surface area contributed by atoms with Gasteiger partial charge in [0.15, 0.2) is 0 Å². The fourth-order valence-corrected chi connectivity index (χ4v) is 3.59. The Hall–Kier alpha value is -0.150. The van der Waals surface area contributed by atoms with Crippen molar-refractivity contribution in [3.63, 3.8) is 0 Å². The Morgan fingerprint density at radius 1 is 1.16 bits per heavy atom. The second kappa shape index (κ2) is 5.69. The Kier molecular flexibility index (Phi) is 4.56. The van der Waals surface area contributed by atoms with E-state index < -0.39 is 5.67 Å². The maximum atomic E-state index is 13.9. The Morgan fingerprint density at radius 2 is 1.79 bits per heavy atom. The minimum Gasteiger partial charge on any atom is -0.309 e. The Labute approximate surface area is 118 Å². The number of hydrogen-bond acceptors (Lipinski definition) is 2. The smallest absolute Gasteiger partial charge is 0.110 e. The number of alkyl halides is 1. The van der Waals surface area contributed by atoms with Crippen molar-refractivity contribution in [2.24, 2.45) is 0 Å². The van der Waals surface area contributed by atoms with Crippen LogP contribution < -0.4 is 5.32 Å². The summed E-state index contributed by atoms with van der Waals surface area (Å²) in [7, 11) is 0. The van der Waals surface area contributed by atoms with Gasteiger partial charge < -0.3 is 10.2 Å². The molecule has 0 radical (unpaired) electrons. The monoisotopic (exact) mass is 270 g/mol. The minimum atomic E-state index is -0.922. The first kappa shape index (κ1) is 15.2. The van der Waals surface area contributed by atoms with Crippen molar-refractivity contribution >= 4 is 0 Å². The molecule has 0 aromatic carbocycles. The summed E-state index contributed by atoms with van der Waals surface area (Å²) in [5.41, 5.74) is -0.722. The highest BCUT2D eigenvalue weighted by Crippen LogP contribution is 2.31. The Morgan fingerprint density at radius 3 is 2.37 bits per heavy atom. The average Bonchev–Trinajstić information content (AvgIpc) is 2.27. The van der Waals surface area contributed by atoms with Crippen molar-refractivity contribution < 1.29 is 4.39 Å². The second-order valence-corrected chi connectivity index (χ2v) is 7.86. The zero-order valence-electron chi connectivity index (χ0n) is 13.1. The molecule has 0 spiro atoms. The molecule has 2 fully saturated rings. The third kappa shape index (κ3) is 4.71. The SMILES string of the molecule is CC1(F)CCN([C@H]2CCC[C@H](NC(C)(C)C)C2)CC1. The summed E-state index contributed by atoms with van der Waals surface area (Å²) >= 11 is 0. The molecule has 0 aromatic heterocycles. The van der Waals surface area contributed by atoms with Crippen molar-refractivity contribution in [2.45, 2.75) is 89.5 Å². The Balaban J connectivity index is 1.84. The number of halogens is 1. The molecule has 1 saturated heterocycles. The molecule has 1 aliphatic heterocycles. The van der Waals surface area contributed by atoms with Gasteiger partial charge in [-0.1, -0.05) is 6.42 Å². The lowest BCUT2D eigenvalue weighted by atomic mass is 9.86. The molecule has 1 aliphatic carbocycles. The van der Waals surface area contributed by atoms with Crippen LogP contribution in [0.3, 0.4) is 0 Å². The van der Waals surface area contributed by atoms with Gasteiger partial charge in [-0.2, -0.15) is 0 Å². The molecule has 0 aromatic rings. The predicted molar refractivity (Wildman–Crippen MR) is 79.3 cm³/mol. The molecular weight excluding hydrogens is 239 g/mol. The number of piperidine rings is 1. The van der Waals surface area contributed by atoms with E-state index in [2.05, 4.69) is 31.0 Å². The first-order chi connectivity index (χ1) is 8.75. The van der Waals surface area contributed by atoms with Crippen LogP contribution in [0.4, 0.5) is 4.39 Å². The minimum absolute atomic E-state index is 0.200. The number of rotatable bonds is 2. The molecule has 1 N–H and O–H groups in total. The van der Waals surface area contributed by atoms with Gasteiger partial charge in [-0.15, -0.1) is 0 Å². The molecule has 19 heavy (non-hydrogen) atoms. The molecule has 0 bridgehead atoms. The zero-order valence-corrected chi connectivity index (χ0v) is 13.1. The van der Waals surface area contributed by atoms with E-state index in [0.717, 1.165) is 13.1 Å². The van der Waals surface area contributed by atoms with E-state index in [1.54, 1.807) is 6.92 Å². The summed E-state index contributed by atoms with van der Waals surface area (Å²) in [6, 6.07) is 1.31. The fraction of sp³-hybridized carbons (Fsp3) is 1.00. The quantitative estimate of drug-likeness (QED) is 0.826. The van der Waals surface area contributed by atoms with Crippen LogP contribution in [0, 0.1) is 0 Å². The van der Waals surface area contributed by atoms with Gasteiger partial charge in [0.05, 0.1) is 0 Å². The maximum Gasteiger partial charge on any atom is 0.110 e. The average molecular weight is 270 g/mol. The van der Waals surface area contributed by atoms with E-state index in [1.807, 2.05) is 0 Å². The molecule has 0 unspecified atom stereocenters. The maximum absolute atomic E-state index is 13.9. The lowest BCUT2D eigenvalue weighted by Gasteiger charge is -2.43. The zero-order chi connectivity index (χ0) is 14.1. The van der Waals surface area contributed by atoms with E-state index in [0.29, 0.717) is 24.9 Å². The van der Waals surface area contributed by atoms with E-state index in [4.69, 9.17) is 0 Å². The summed E-state index contributed by atoms with van der Waals surface area (Å²) in [5.74, 6) is 0. The van der Waals surface area contributed by atoms with Crippen LogP contribution in [-0.2, 0) is 0 Å². The number of likely N-dealkylation sites (tertiary alicyclic amines) is 1. The van der Waals surface area contributed by atoms with Crippen molar-refractivity contribution in [3.8, 4) is 0 Å². The summed E-state index contributed by atoms with van der Waals surface area (Å²) in [5, 5.41) is 3.74. The summed E-state index contributed by atoms with van der Waals surface area (Å²) in [6.45, 7) is 10.4. The van der Waals surface area contributed by atoms with E-state index in [9.17, 15) is 4.39 Å². The molecule has 1 saturated carbocycles. The van der Waals surface area contributed by atoms with Crippen LogP contribution in [0.15, 0.2) is 0 Å². The van der Waals surface area contributed by atoms with E-state index in [-0.39, 0.29) is 5.54 Å². The Bertz CT molecular complexity index is 286. The van der Waals surface area contributed by atoms with Gasteiger partial charge in [-0.3, -0.25) is 0 Å². The van der Waals surface area contributed by atoms with E-state index >= 15 is 0 Å². The van der Waals surface area contributed by atoms with Crippen molar-refractivity contribution in [1.82, 2.24) is 10.2 Å².